The molecule has 0 spiro atoms. The minimum absolute atomic E-state index is 0.103. The molecular formula is C18H13ClN4O4. The quantitative estimate of drug-likeness (QED) is 0.299. The van der Waals surface area contributed by atoms with Gasteiger partial charge in [-0.15, -0.1) is 0 Å². The van der Waals surface area contributed by atoms with Gasteiger partial charge in [-0.25, -0.2) is 5.43 Å². The number of nitrogens with two attached hydrogens (primary N) is 1. The minimum atomic E-state index is -0.518. The van der Waals surface area contributed by atoms with Crippen LogP contribution in [0.5, 0.6) is 0 Å². The van der Waals surface area contributed by atoms with E-state index >= 15 is 0 Å². The van der Waals surface area contributed by atoms with Gasteiger partial charge in [0.15, 0.2) is 0 Å². The number of hydrazone groups is 1. The number of carbonyl (C=O) groups excluding carboxylic acids is 1. The second-order valence-corrected chi connectivity index (χ2v) is 5.82. The van der Waals surface area contributed by atoms with Gasteiger partial charge < -0.3 is 10.2 Å². The maximum Gasteiger partial charge on any atom is 0.273 e. The van der Waals surface area contributed by atoms with Crippen LogP contribution >= 0.6 is 11.6 Å². The van der Waals surface area contributed by atoms with Crippen LogP contribution in [0.4, 0.5) is 11.4 Å². The zero-order valence-corrected chi connectivity index (χ0v) is 14.5. The fourth-order valence-electron chi connectivity index (χ4n) is 2.30. The number of hydrogen-bond donors (Lipinski definition) is 2. The summed E-state index contributed by atoms with van der Waals surface area (Å²) in [4.78, 5) is 22.4. The third-order valence-electron chi connectivity index (χ3n) is 3.62. The third kappa shape index (κ3) is 4.13. The van der Waals surface area contributed by atoms with Crippen molar-refractivity contribution in [2.45, 2.75) is 0 Å². The standard InChI is InChI=1S/C18H13ClN4O4/c19-15-7-5-11(23(25)26)9-14(15)17-8-6-12(27-17)10-21-22-18(24)13-3-1-2-4-16(13)20/h1-10H,20H2,(H,22,24)/b21-10-. The SMILES string of the molecule is Nc1ccccc1C(=O)N/N=C\c1ccc(-c2cc([N+](=O)[O-])ccc2Cl)o1. The van der Waals surface area contributed by atoms with Crippen LogP contribution in [-0.2, 0) is 0 Å². The summed E-state index contributed by atoms with van der Waals surface area (Å²) in [6.45, 7) is 0. The number of nitro groups is 1. The molecule has 27 heavy (non-hydrogen) atoms. The van der Waals surface area contributed by atoms with Crippen LogP contribution in [-0.4, -0.2) is 17.0 Å². The lowest BCUT2D eigenvalue weighted by molar-refractivity contribution is -0.384. The Balaban J connectivity index is 1.74. The van der Waals surface area contributed by atoms with Crippen LogP contribution in [0.15, 0.2) is 64.1 Å². The van der Waals surface area contributed by atoms with Gasteiger partial charge in [0.05, 0.1) is 21.7 Å². The largest absolute Gasteiger partial charge is 0.455 e. The van der Waals surface area contributed by atoms with E-state index in [-0.39, 0.29) is 5.69 Å². The van der Waals surface area contributed by atoms with Gasteiger partial charge in [-0.1, -0.05) is 23.7 Å². The number of carbonyl (C=O) groups is 1. The number of anilines is 1. The normalized spacial score (nSPS) is 10.9. The number of benzene rings is 2. The number of hydrogen-bond acceptors (Lipinski definition) is 6. The number of furan rings is 1. The highest BCUT2D eigenvalue weighted by Gasteiger charge is 2.14. The van der Waals surface area contributed by atoms with Gasteiger partial charge in [0.25, 0.3) is 11.6 Å². The summed E-state index contributed by atoms with van der Waals surface area (Å²) >= 11 is 6.09. The smallest absolute Gasteiger partial charge is 0.273 e. The van der Waals surface area contributed by atoms with Gasteiger partial charge in [-0.3, -0.25) is 14.9 Å². The van der Waals surface area contributed by atoms with Crippen molar-refractivity contribution in [1.29, 1.82) is 0 Å². The number of non-ortho nitro benzene ring substituents is 1. The number of amides is 1. The van der Waals surface area contributed by atoms with E-state index in [9.17, 15) is 14.9 Å². The van der Waals surface area contributed by atoms with Crippen molar-refractivity contribution >= 4 is 35.1 Å². The molecule has 9 heteroatoms. The van der Waals surface area contributed by atoms with Crippen molar-refractivity contribution in [1.82, 2.24) is 5.43 Å². The summed E-state index contributed by atoms with van der Waals surface area (Å²) in [7, 11) is 0. The van der Waals surface area contributed by atoms with E-state index < -0.39 is 10.8 Å². The Morgan fingerprint density at radius 3 is 2.74 bits per heavy atom. The Morgan fingerprint density at radius 1 is 1.22 bits per heavy atom. The number of nitrogens with one attached hydrogen (secondary N) is 1. The van der Waals surface area contributed by atoms with E-state index in [1.54, 1.807) is 36.4 Å². The molecule has 136 valence electrons. The Morgan fingerprint density at radius 2 is 2.00 bits per heavy atom. The fourth-order valence-corrected chi connectivity index (χ4v) is 2.51. The molecule has 0 radical (unpaired) electrons. The highest BCUT2D eigenvalue weighted by molar-refractivity contribution is 6.33. The molecule has 8 nitrogen and oxygen atoms in total. The van der Waals surface area contributed by atoms with Crippen LogP contribution in [0, 0.1) is 10.1 Å². The molecule has 0 fully saturated rings. The topological polar surface area (TPSA) is 124 Å². The van der Waals surface area contributed by atoms with E-state index in [1.807, 2.05) is 0 Å². The van der Waals surface area contributed by atoms with Crippen molar-refractivity contribution in [2.24, 2.45) is 5.10 Å². The van der Waals surface area contributed by atoms with E-state index in [0.717, 1.165) is 0 Å². The van der Waals surface area contributed by atoms with Crippen LogP contribution < -0.4 is 11.2 Å². The molecule has 2 aromatic carbocycles. The first kappa shape index (κ1) is 18.2. The average molecular weight is 385 g/mol. The molecule has 1 amide bonds. The molecule has 0 atom stereocenters. The molecule has 0 unspecified atom stereocenters. The van der Waals surface area contributed by atoms with E-state index in [2.05, 4.69) is 10.5 Å². The molecular weight excluding hydrogens is 372 g/mol. The highest BCUT2D eigenvalue weighted by Crippen LogP contribution is 2.32. The number of halogens is 1. The second-order valence-electron chi connectivity index (χ2n) is 5.41. The Hall–Kier alpha value is -3.65. The molecule has 0 aliphatic rings. The van der Waals surface area contributed by atoms with Gasteiger partial charge in [-0.2, -0.15) is 5.10 Å². The van der Waals surface area contributed by atoms with Gasteiger partial charge in [0.1, 0.15) is 11.5 Å². The molecule has 3 rings (SSSR count). The van der Waals surface area contributed by atoms with Crippen molar-refractivity contribution < 1.29 is 14.1 Å². The molecule has 0 aliphatic carbocycles. The number of para-hydroxylation sites is 1. The van der Waals surface area contributed by atoms with Gasteiger partial charge >= 0.3 is 0 Å². The molecule has 3 N–H and O–H groups in total. The maximum absolute atomic E-state index is 12.0. The maximum atomic E-state index is 12.0. The lowest BCUT2D eigenvalue weighted by Crippen LogP contribution is -2.18. The zero-order chi connectivity index (χ0) is 19.4. The first-order valence-corrected chi connectivity index (χ1v) is 8.05. The molecule has 1 aromatic heterocycles. The predicted molar refractivity (Wildman–Crippen MR) is 102 cm³/mol. The average Bonchev–Trinajstić information content (AvgIpc) is 3.10. The Kier molecular flexibility index (Phi) is 5.18. The van der Waals surface area contributed by atoms with Crippen LogP contribution in [0.1, 0.15) is 16.1 Å². The number of rotatable bonds is 5. The summed E-state index contributed by atoms with van der Waals surface area (Å²) in [6, 6.07) is 13.9. The summed E-state index contributed by atoms with van der Waals surface area (Å²) in [6.07, 6.45) is 1.30. The van der Waals surface area contributed by atoms with Crippen LogP contribution in [0.25, 0.3) is 11.3 Å². The summed E-state index contributed by atoms with van der Waals surface area (Å²) in [5, 5.41) is 15.0. The highest BCUT2D eigenvalue weighted by atomic mass is 35.5. The van der Waals surface area contributed by atoms with Gasteiger partial charge in [0.2, 0.25) is 0 Å². The lowest BCUT2D eigenvalue weighted by atomic mass is 10.1. The summed E-state index contributed by atoms with van der Waals surface area (Å²) in [5.74, 6) is 0.204. The minimum Gasteiger partial charge on any atom is -0.455 e. The number of nitrogen functional groups attached to an aromatic ring is 1. The van der Waals surface area contributed by atoms with E-state index in [0.29, 0.717) is 33.4 Å². The Labute approximate surface area is 158 Å². The Bertz CT molecular complexity index is 1050. The van der Waals surface area contributed by atoms with E-state index in [1.165, 1.54) is 24.4 Å². The molecule has 3 aromatic rings. The van der Waals surface area contributed by atoms with Gasteiger partial charge in [-0.05, 0) is 30.3 Å². The van der Waals surface area contributed by atoms with E-state index in [4.69, 9.17) is 21.8 Å². The summed E-state index contributed by atoms with van der Waals surface area (Å²) in [5.41, 5.74) is 9.00. The van der Waals surface area contributed by atoms with Crippen molar-refractivity contribution in [2.75, 3.05) is 5.73 Å². The number of nitro benzene ring substituents is 1. The summed E-state index contributed by atoms with van der Waals surface area (Å²) < 4.78 is 5.56. The predicted octanol–water partition coefficient (Wildman–Crippen LogP) is 3.85. The van der Waals surface area contributed by atoms with Crippen molar-refractivity contribution in [3.63, 3.8) is 0 Å². The number of nitrogens with zero attached hydrogens (tertiary/aromatic N) is 2. The van der Waals surface area contributed by atoms with Crippen molar-refractivity contribution in [3.8, 4) is 11.3 Å². The third-order valence-corrected chi connectivity index (χ3v) is 3.95. The van der Waals surface area contributed by atoms with Crippen LogP contribution in [0.3, 0.4) is 0 Å². The second kappa shape index (κ2) is 7.71. The van der Waals surface area contributed by atoms with Crippen molar-refractivity contribution in [3.05, 3.63) is 81.1 Å². The molecule has 1 heterocycles. The van der Waals surface area contributed by atoms with Crippen LogP contribution in [0.2, 0.25) is 5.02 Å². The lowest BCUT2D eigenvalue weighted by Gasteiger charge is -2.02. The van der Waals surface area contributed by atoms with Gasteiger partial charge in [0, 0.05) is 23.4 Å². The molecule has 0 saturated heterocycles. The first-order valence-electron chi connectivity index (χ1n) is 7.68. The zero-order valence-electron chi connectivity index (χ0n) is 13.8. The molecule has 0 bridgehead atoms. The molecule has 0 saturated carbocycles. The molecule has 0 aliphatic heterocycles. The fraction of sp³-hybridized carbons (Fsp3) is 0. The first-order chi connectivity index (χ1) is 13.0. The monoisotopic (exact) mass is 384 g/mol.